The number of carbonyl (C=O) groups excluding carboxylic acids is 1. The molecule has 1 saturated carbocycles. The summed E-state index contributed by atoms with van der Waals surface area (Å²) in [5.74, 6) is -0.694. The van der Waals surface area contributed by atoms with Gasteiger partial charge in [0.2, 0.25) is 10.0 Å². The number of hydrogen-bond donors (Lipinski definition) is 0. The Morgan fingerprint density at radius 3 is 2.41 bits per heavy atom. The van der Waals surface area contributed by atoms with Crippen molar-refractivity contribution in [1.82, 2.24) is 9.29 Å². The smallest absolute Gasteiger partial charge is 0.211 e. The Hall–Kier alpha value is -1.69. The van der Waals surface area contributed by atoms with Crippen molar-refractivity contribution in [2.75, 3.05) is 19.3 Å². The van der Waals surface area contributed by atoms with Crippen LogP contribution >= 0.6 is 11.3 Å². The van der Waals surface area contributed by atoms with Crippen LogP contribution in [0.1, 0.15) is 42.2 Å². The first kappa shape index (κ1) is 23.5. The lowest BCUT2D eigenvalue weighted by Crippen LogP contribution is -2.28. The lowest BCUT2D eigenvalue weighted by molar-refractivity contribution is -0.120. The fourth-order valence-corrected chi connectivity index (χ4v) is 7.41. The zero-order valence-electron chi connectivity index (χ0n) is 17.6. The Bertz CT molecular complexity index is 1200. The molecule has 0 unspecified atom stereocenters. The number of hydrogen-bond acceptors (Lipinski definition) is 7. The maximum atomic E-state index is 13.3. The van der Waals surface area contributed by atoms with Gasteiger partial charge in [-0.25, -0.2) is 26.1 Å². The van der Waals surface area contributed by atoms with Crippen LogP contribution in [0.25, 0.3) is 0 Å². The third-order valence-electron chi connectivity index (χ3n) is 6.10. The molecule has 2 atom stereocenters. The topological polar surface area (TPSA) is 101 Å². The van der Waals surface area contributed by atoms with Crippen molar-refractivity contribution < 1.29 is 26.0 Å². The molecule has 174 valence electrons. The van der Waals surface area contributed by atoms with Crippen LogP contribution in [0.2, 0.25) is 0 Å². The second kappa shape index (κ2) is 8.92. The summed E-state index contributed by atoms with van der Waals surface area (Å²) in [6.45, 7) is 0.767. The monoisotopic (exact) mass is 500 g/mol. The minimum atomic E-state index is -3.33. The van der Waals surface area contributed by atoms with E-state index in [1.165, 1.54) is 10.6 Å². The average molecular weight is 501 g/mol. The Morgan fingerprint density at radius 2 is 1.88 bits per heavy atom. The van der Waals surface area contributed by atoms with E-state index in [9.17, 15) is 26.0 Å². The van der Waals surface area contributed by atoms with Crippen LogP contribution in [-0.2, 0) is 31.1 Å². The summed E-state index contributed by atoms with van der Waals surface area (Å²) in [7, 11) is -6.62. The quantitative estimate of drug-likeness (QED) is 0.525. The van der Waals surface area contributed by atoms with Crippen LogP contribution in [0.5, 0.6) is 0 Å². The zero-order valence-corrected chi connectivity index (χ0v) is 20.1. The van der Waals surface area contributed by atoms with Gasteiger partial charge in [0.1, 0.15) is 10.8 Å². The molecule has 1 aromatic carbocycles. The maximum absolute atomic E-state index is 13.3. The molecule has 11 heteroatoms. The van der Waals surface area contributed by atoms with Crippen molar-refractivity contribution in [3.8, 4) is 0 Å². The average Bonchev–Trinajstić information content (AvgIpc) is 3.36. The molecule has 2 aliphatic rings. The third kappa shape index (κ3) is 5.27. The second-order valence-electron chi connectivity index (χ2n) is 8.58. The van der Waals surface area contributed by atoms with E-state index in [4.69, 9.17) is 0 Å². The van der Waals surface area contributed by atoms with Crippen LogP contribution < -0.4 is 0 Å². The highest BCUT2D eigenvalue weighted by Gasteiger charge is 2.37. The van der Waals surface area contributed by atoms with E-state index in [2.05, 4.69) is 4.98 Å². The van der Waals surface area contributed by atoms with Crippen molar-refractivity contribution in [3.63, 3.8) is 0 Å². The van der Waals surface area contributed by atoms with Crippen LogP contribution in [0.4, 0.5) is 4.39 Å². The van der Waals surface area contributed by atoms with Gasteiger partial charge >= 0.3 is 0 Å². The van der Waals surface area contributed by atoms with E-state index in [0.29, 0.717) is 49.3 Å². The van der Waals surface area contributed by atoms with E-state index in [0.717, 1.165) is 17.5 Å². The fourth-order valence-electron chi connectivity index (χ4n) is 4.18. The van der Waals surface area contributed by atoms with Crippen LogP contribution in [-0.4, -0.2) is 56.5 Å². The summed E-state index contributed by atoms with van der Waals surface area (Å²) in [6.07, 6.45) is 4.67. The van der Waals surface area contributed by atoms with Crippen molar-refractivity contribution in [1.29, 1.82) is 0 Å². The number of halogens is 1. The highest BCUT2D eigenvalue weighted by Crippen LogP contribution is 2.36. The molecule has 7 nitrogen and oxygen atoms in total. The van der Waals surface area contributed by atoms with Gasteiger partial charge in [0, 0.05) is 19.0 Å². The molecular weight excluding hydrogens is 475 g/mol. The summed E-state index contributed by atoms with van der Waals surface area (Å²) in [6, 6.07) is 6.43. The number of thiazole rings is 1. The lowest BCUT2D eigenvalue weighted by Gasteiger charge is -2.20. The Labute approximate surface area is 191 Å². The number of rotatable bonds is 9. The van der Waals surface area contributed by atoms with Crippen molar-refractivity contribution in [3.05, 3.63) is 46.2 Å². The van der Waals surface area contributed by atoms with Crippen LogP contribution in [0.15, 0.2) is 35.4 Å². The van der Waals surface area contributed by atoms with E-state index >= 15 is 0 Å². The van der Waals surface area contributed by atoms with E-state index in [1.54, 1.807) is 24.3 Å². The fraction of sp³-hybridized carbons (Fsp3) is 0.524. The highest BCUT2D eigenvalue weighted by molar-refractivity contribution is 7.92. The molecule has 1 aliphatic carbocycles. The third-order valence-corrected chi connectivity index (χ3v) is 10.4. The largest absolute Gasteiger partial charge is 0.299 e. The van der Waals surface area contributed by atoms with E-state index in [-0.39, 0.29) is 28.3 Å². The molecule has 2 aromatic rings. The molecule has 0 bridgehead atoms. The van der Waals surface area contributed by atoms with Gasteiger partial charge in [0.15, 0.2) is 15.0 Å². The predicted molar refractivity (Wildman–Crippen MR) is 119 cm³/mol. The number of sulfone groups is 1. The molecule has 0 N–H and O–H groups in total. The van der Waals surface area contributed by atoms with Crippen molar-refractivity contribution in [2.24, 2.45) is 5.92 Å². The Balaban J connectivity index is 1.56. The van der Waals surface area contributed by atoms with Gasteiger partial charge < -0.3 is 0 Å². The van der Waals surface area contributed by atoms with Gasteiger partial charge in [0.05, 0.1) is 29.0 Å². The highest BCUT2D eigenvalue weighted by atomic mass is 32.2. The molecule has 2 heterocycles. The summed E-state index contributed by atoms with van der Waals surface area (Å²) in [5.41, 5.74) is 0.680. The van der Waals surface area contributed by atoms with Gasteiger partial charge in [-0.2, -0.15) is 4.39 Å². The predicted octanol–water partition coefficient (Wildman–Crippen LogP) is 2.79. The molecule has 4 rings (SSSR count). The molecule has 1 saturated heterocycles. The number of ketones is 1. The maximum Gasteiger partial charge on any atom is 0.211 e. The van der Waals surface area contributed by atoms with E-state index < -0.39 is 30.9 Å². The number of nitrogens with zero attached hydrogens (tertiary/aromatic N) is 2. The first-order valence-corrected chi connectivity index (χ1v) is 14.7. The van der Waals surface area contributed by atoms with E-state index in [1.807, 2.05) is 0 Å². The molecular formula is C21H25FN2O5S3. The summed E-state index contributed by atoms with van der Waals surface area (Å²) in [5, 5.41) is -0.390. The Morgan fingerprint density at radius 1 is 1.19 bits per heavy atom. The summed E-state index contributed by atoms with van der Waals surface area (Å²) < 4.78 is 63.5. The van der Waals surface area contributed by atoms with Gasteiger partial charge in [-0.15, -0.1) is 0 Å². The van der Waals surface area contributed by atoms with Crippen molar-refractivity contribution >= 4 is 37.0 Å². The molecule has 1 aromatic heterocycles. The van der Waals surface area contributed by atoms with Gasteiger partial charge in [0.25, 0.3) is 0 Å². The normalized spacial score (nSPS) is 21.0. The molecule has 0 amide bonds. The van der Waals surface area contributed by atoms with Crippen molar-refractivity contribution in [2.45, 2.75) is 48.2 Å². The molecule has 1 aliphatic heterocycles. The number of sulfonamides is 1. The number of Topliss-reactive ketones (excluding diaryl/α,β-unsaturated/α-hetero) is 1. The van der Waals surface area contributed by atoms with Gasteiger partial charge in [-0.05, 0) is 49.3 Å². The first-order chi connectivity index (χ1) is 15.0. The number of aromatic nitrogens is 1. The second-order valence-corrected chi connectivity index (χ2v) is 13.9. The standard InChI is InChI=1S/C21H25FN2O5S3/c1-31(26,27)24-9-8-14(13-24)10-18(19(25)11-21-23-12-20(22)30-21)15-2-4-16(5-3-15)32(28,29)17-6-7-17/h2-5,12,14,17-18H,6-11,13H2,1H3/t14-,18-/m1/s1. The minimum absolute atomic E-state index is 0.00146. The summed E-state index contributed by atoms with van der Waals surface area (Å²) >= 11 is 0.826. The molecule has 0 spiro atoms. The van der Waals surface area contributed by atoms with Gasteiger partial charge in [-0.1, -0.05) is 23.5 Å². The molecule has 2 fully saturated rings. The summed E-state index contributed by atoms with van der Waals surface area (Å²) in [4.78, 5) is 17.4. The van der Waals surface area contributed by atoms with Crippen LogP contribution in [0, 0.1) is 11.0 Å². The Kier molecular flexibility index (Phi) is 6.54. The number of benzene rings is 1. The lowest BCUT2D eigenvalue weighted by atomic mass is 9.84. The SMILES string of the molecule is CS(=O)(=O)N1CC[C@H](C[C@@H](C(=O)Cc2ncc(F)s2)c2ccc(S(=O)(=O)C3CC3)cc2)C1. The zero-order chi connectivity index (χ0) is 23.1. The first-order valence-electron chi connectivity index (χ1n) is 10.5. The number of carbonyl (C=O) groups is 1. The van der Waals surface area contributed by atoms with Gasteiger partial charge in [-0.3, -0.25) is 4.79 Å². The van der Waals surface area contributed by atoms with Crippen LogP contribution in [0.3, 0.4) is 0 Å². The molecule has 32 heavy (non-hydrogen) atoms. The molecule has 0 radical (unpaired) electrons. The minimum Gasteiger partial charge on any atom is -0.299 e.